The standard InChI is InChI=1S/C9H12O4S/c1-4-13-9(10)8-7(12-3)6(11-2)5-14-8/h5H,4H2,1-3H3. The summed E-state index contributed by atoms with van der Waals surface area (Å²) in [5.74, 6) is 0.620. The summed E-state index contributed by atoms with van der Waals surface area (Å²) in [6.45, 7) is 2.11. The molecule has 0 saturated carbocycles. The van der Waals surface area contributed by atoms with Crippen LogP contribution in [0.25, 0.3) is 0 Å². The van der Waals surface area contributed by atoms with Crippen LogP contribution in [0.3, 0.4) is 0 Å². The van der Waals surface area contributed by atoms with Gasteiger partial charge in [0.1, 0.15) is 0 Å². The Kier molecular flexibility index (Phi) is 3.76. The first-order chi connectivity index (χ1) is 6.74. The molecule has 0 saturated heterocycles. The van der Waals surface area contributed by atoms with Gasteiger partial charge < -0.3 is 14.2 Å². The van der Waals surface area contributed by atoms with E-state index in [1.807, 2.05) is 0 Å². The molecule has 0 amide bonds. The minimum absolute atomic E-state index is 0.349. The van der Waals surface area contributed by atoms with E-state index in [9.17, 15) is 4.79 Å². The number of hydrogen-bond acceptors (Lipinski definition) is 5. The smallest absolute Gasteiger partial charge is 0.352 e. The molecule has 14 heavy (non-hydrogen) atoms. The summed E-state index contributed by atoms with van der Waals surface area (Å²) >= 11 is 1.25. The summed E-state index contributed by atoms with van der Waals surface area (Å²) in [5.41, 5.74) is 0. The second-order valence-corrected chi connectivity index (χ2v) is 3.27. The van der Waals surface area contributed by atoms with Crippen molar-refractivity contribution in [1.29, 1.82) is 0 Å². The molecule has 0 spiro atoms. The summed E-state index contributed by atoms with van der Waals surface area (Å²) in [7, 11) is 3.02. The summed E-state index contributed by atoms with van der Waals surface area (Å²) in [5, 5.41) is 1.71. The molecule has 0 aliphatic rings. The number of methoxy groups -OCH3 is 2. The van der Waals surface area contributed by atoms with Crippen molar-refractivity contribution < 1.29 is 19.0 Å². The highest BCUT2D eigenvalue weighted by Gasteiger charge is 2.20. The van der Waals surface area contributed by atoms with Gasteiger partial charge in [-0.25, -0.2) is 4.79 Å². The van der Waals surface area contributed by atoms with Gasteiger partial charge in [-0.3, -0.25) is 0 Å². The van der Waals surface area contributed by atoms with Crippen LogP contribution in [0, 0.1) is 0 Å². The number of rotatable bonds is 4. The minimum Gasteiger partial charge on any atom is -0.492 e. The number of carbonyl (C=O) groups is 1. The van der Waals surface area contributed by atoms with Crippen LogP contribution >= 0.6 is 11.3 Å². The van der Waals surface area contributed by atoms with E-state index in [1.54, 1.807) is 12.3 Å². The van der Waals surface area contributed by atoms with Gasteiger partial charge in [-0.2, -0.15) is 0 Å². The largest absolute Gasteiger partial charge is 0.492 e. The average Bonchev–Trinajstić information content (AvgIpc) is 2.60. The Hall–Kier alpha value is -1.23. The molecule has 1 rings (SSSR count). The third-order valence-electron chi connectivity index (χ3n) is 1.60. The van der Waals surface area contributed by atoms with Crippen LogP contribution in [-0.2, 0) is 4.74 Å². The van der Waals surface area contributed by atoms with E-state index in [2.05, 4.69) is 0 Å². The van der Waals surface area contributed by atoms with Gasteiger partial charge in [0.2, 0.25) is 0 Å². The Morgan fingerprint density at radius 2 is 2.14 bits per heavy atom. The molecule has 1 aromatic heterocycles. The maximum atomic E-state index is 11.4. The van der Waals surface area contributed by atoms with Gasteiger partial charge in [-0.1, -0.05) is 0 Å². The Morgan fingerprint density at radius 3 is 2.64 bits per heavy atom. The number of ether oxygens (including phenoxy) is 3. The molecule has 0 aliphatic carbocycles. The molecule has 0 N–H and O–H groups in total. The second-order valence-electron chi connectivity index (χ2n) is 2.39. The van der Waals surface area contributed by atoms with E-state index in [0.29, 0.717) is 23.0 Å². The van der Waals surface area contributed by atoms with Gasteiger partial charge >= 0.3 is 5.97 Å². The fourth-order valence-electron chi connectivity index (χ4n) is 1.00. The molecule has 1 heterocycles. The van der Waals surface area contributed by atoms with Crippen molar-refractivity contribution in [3.8, 4) is 11.5 Å². The van der Waals surface area contributed by atoms with E-state index >= 15 is 0 Å². The van der Waals surface area contributed by atoms with Crippen molar-refractivity contribution in [3.05, 3.63) is 10.3 Å². The zero-order valence-corrected chi connectivity index (χ0v) is 9.14. The van der Waals surface area contributed by atoms with Crippen LogP contribution in [0.1, 0.15) is 16.6 Å². The summed E-state index contributed by atoms with van der Waals surface area (Å²) < 4.78 is 14.9. The van der Waals surface area contributed by atoms with Crippen molar-refractivity contribution in [1.82, 2.24) is 0 Å². The number of hydrogen-bond donors (Lipinski definition) is 0. The Labute approximate surface area is 86.4 Å². The number of thiophene rings is 1. The van der Waals surface area contributed by atoms with E-state index in [-0.39, 0.29) is 5.97 Å². The normalized spacial score (nSPS) is 9.64. The van der Waals surface area contributed by atoms with Crippen molar-refractivity contribution in [2.75, 3.05) is 20.8 Å². The summed E-state index contributed by atoms with van der Waals surface area (Å²) in [4.78, 5) is 11.8. The van der Waals surface area contributed by atoms with E-state index < -0.39 is 0 Å². The fourth-order valence-corrected chi connectivity index (χ4v) is 1.88. The summed E-state index contributed by atoms with van der Waals surface area (Å²) in [6, 6.07) is 0. The van der Waals surface area contributed by atoms with Crippen LogP contribution < -0.4 is 9.47 Å². The van der Waals surface area contributed by atoms with Crippen LogP contribution in [0.15, 0.2) is 5.38 Å². The third kappa shape index (κ3) is 1.98. The topological polar surface area (TPSA) is 44.8 Å². The third-order valence-corrected chi connectivity index (χ3v) is 2.52. The molecule has 1 aromatic rings. The molecule has 0 aromatic carbocycles. The lowest BCUT2D eigenvalue weighted by Crippen LogP contribution is -2.04. The predicted octanol–water partition coefficient (Wildman–Crippen LogP) is 1.94. The SMILES string of the molecule is CCOC(=O)c1scc(OC)c1OC. The molecule has 5 heteroatoms. The van der Waals surface area contributed by atoms with Gasteiger partial charge in [0.05, 0.1) is 20.8 Å². The molecule has 0 atom stereocenters. The highest BCUT2D eigenvalue weighted by atomic mass is 32.1. The molecule has 0 unspecified atom stereocenters. The highest BCUT2D eigenvalue weighted by Crippen LogP contribution is 2.37. The number of esters is 1. The molecule has 0 bridgehead atoms. The minimum atomic E-state index is -0.377. The molecule has 4 nitrogen and oxygen atoms in total. The van der Waals surface area contributed by atoms with Crippen molar-refractivity contribution in [2.24, 2.45) is 0 Å². The lowest BCUT2D eigenvalue weighted by atomic mass is 10.4. The lowest BCUT2D eigenvalue weighted by Gasteiger charge is -2.04. The fraction of sp³-hybridized carbons (Fsp3) is 0.444. The maximum absolute atomic E-state index is 11.4. The maximum Gasteiger partial charge on any atom is 0.352 e. The number of carbonyl (C=O) groups excluding carboxylic acids is 1. The molecule has 78 valence electrons. The van der Waals surface area contributed by atoms with Crippen molar-refractivity contribution in [2.45, 2.75) is 6.92 Å². The molecule has 0 fully saturated rings. The Bertz CT molecular complexity index is 319. The zero-order valence-electron chi connectivity index (χ0n) is 8.33. The molecular formula is C9H12O4S. The van der Waals surface area contributed by atoms with Crippen molar-refractivity contribution in [3.63, 3.8) is 0 Å². The zero-order chi connectivity index (χ0) is 10.6. The van der Waals surface area contributed by atoms with E-state index in [1.165, 1.54) is 25.6 Å². The van der Waals surface area contributed by atoms with Gasteiger partial charge in [0.15, 0.2) is 16.4 Å². The second kappa shape index (κ2) is 4.85. The van der Waals surface area contributed by atoms with E-state index in [0.717, 1.165) is 0 Å². The van der Waals surface area contributed by atoms with Crippen LogP contribution in [0.5, 0.6) is 11.5 Å². The van der Waals surface area contributed by atoms with Gasteiger partial charge in [0, 0.05) is 5.38 Å². The van der Waals surface area contributed by atoms with Gasteiger partial charge in [0.25, 0.3) is 0 Å². The molecule has 0 radical (unpaired) electrons. The lowest BCUT2D eigenvalue weighted by molar-refractivity contribution is 0.0528. The summed E-state index contributed by atoms with van der Waals surface area (Å²) in [6.07, 6.45) is 0. The molecular weight excluding hydrogens is 204 g/mol. The Balaban J connectivity index is 2.96. The van der Waals surface area contributed by atoms with E-state index in [4.69, 9.17) is 14.2 Å². The van der Waals surface area contributed by atoms with Gasteiger partial charge in [-0.05, 0) is 6.92 Å². The van der Waals surface area contributed by atoms with Gasteiger partial charge in [-0.15, -0.1) is 11.3 Å². The van der Waals surface area contributed by atoms with Crippen LogP contribution in [-0.4, -0.2) is 26.8 Å². The predicted molar refractivity (Wildman–Crippen MR) is 53.4 cm³/mol. The average molecular weight is 216 g/mol. The first-order valence-electron chi connectivity index (χ1n) is 4.11. The monoisotopic (exact) mass is 216 g/mol. The quantitative estimate of drug-likeness (QED) is 0.721. The van der Waals surface area contributed by atoms with Crippen LogP contribution in [0.4, 0.5) is 0 Å². The Morgan fingerprint density at radius 1 is 1.43 bits per heavy atom. The first kappa shape index (κ1) is 10.8. The van der Waals surface area contributed by atoms with Crippen LogP contribution in [0.2, 0.25) is 0 Å². The van der Waals surface area contributed by atoms with Crippen molar-refractivity contribution >= 4 is 17.3 Å². The first-order valence-corrected chi connectivity index (χ1v) is 4.99. The molecule has 0 aliphatic heterocycles. The highest BCUT2D eigenvalue weighted by molar-refractivity contribution is 7.12.